The first-order valence-corrected chi connectivity index (χ1v) is 9.11. The van der Waals surface area contributed by atoms with E-state index in [9.17, 15) is 4.79 Å². The molecule has 1 aliphatic carbocycles. The van der Waals surface area contributed by atoms with Crippen LogP contribution in [0.25, 0.3) is 0 Å². The molecule has 1 saturated carbocycles. The van der Waals surface area contributed by atoms with E-state index in [-0.39, 0.29) is 5.91 Å². The lowest BCUT2D eigenvalue weighted by molar-refractivity contribution is -0.122. The molecule has 1 aromatic rings. The van der Waals surface area contributed by atoms with Gasteiger partial charge in [0.05, 0.1) is 6.54 Å². The standard InChI is InChI=1S/C18H29N5O/c1-13(2)18-20-14(3)10-16(21-18)23-8-6-22(7-9-23)12-17(24)19-11-15-4-5-15/h10,13,15H,4-9,11-12H2,1-3H3,(H,19,24). The fraction of sp³-hybridized carbons (Fsp3) is 0.722. The number of aryl methyl sites for hydroxylation is 1. The van der Waals surface area contributed by atoms with Gasteiger partial charge < -0.3 is 10.2 Å². The number of nitrogens with zero attached hydrogens (tertiary/aromatic N) is 4. The number of rotatable bonds is 6. The summed E-state index contributed by atoms with van der Waals surface area (Å²) in [6.07, 6.45) is 2.55. The molecule has 2 aliphatic rings. The fourth-order valence-electron chi connectivity index (χ4n) is 2.97. The van der Waals surface area contributed by atoms with E-state index < -0.39 is 0 Å². The van der Waals surface area contributed by atoms with Crippen molar-refractivity contribution >= 4 is 11.7 Å². The smallest absolute Gasteiger partial charge is 0.234 e. The molecule has 6 nitrogen and oxygen atoms in total. The molecule has 2 heterocycles. The summed E-state index contributed by atoms with van der Waals surface area (Å²) >= 11 is 0. The van der Waals surface area contributed by atoms with Gasteiger partial charge in [0.15, 0.2) is 0 Å². The number of nitrogens with one attached hydrogen (secondary N) is 1. The molecule has 2 fully saturated rings. The molecule has 3 rings (SSSR count). The van der Waals surface area contributed by atoms with Crippen LogP contribution in [0.5, 0.6) is 0 Å². The molecule has 0 atom stereocenters. The van der Waals surface area contributed by atoms with Crippen LogP contribution in [0.4, 0.5) is 5.82 Å². The molecule has 132 valence electrons. The average molecular weight is 331 g/mol. The third-order valence-corrected chi connectivity index (χ3v) is 4.72. The van der Waals surface area contributed by atoms with Crippen molar-refractivity contribution in [2.75, 3.05) is 44.2 Å². The summed E-state index contributed by atoms with van der Waals surface area (Å²) < 4.78 is 0. The van der Waals surface area contributed by atoms with Gasteiger partial charge in [0, 0.05) is 50.4 Å². The number of amides is 1. The lowest BCUT2D eigenvalue weighted by Gasteiger charge is -2.35. The van der Waals surface area contributed by atoms with Crippen molar-refractivity contribution in [3.8, 4) is 0 Å². The van der Waals surface area contributed by atoms with E-state index in [1.807, 2.05) is 6.92 Å². The van der Waals surface area contributed by atoms with Crippen LogP contribution >= 0.6 is 0 Å². The van der Waals surface area contributed by atoms with Crippen LogP contribution in [-0.2, 0) is 4.79 Å². The molecule has 0 aromatic carbocycles. The topological polar surface area (TPSA) is 61.4 Å². The first-order chi connectivity index (χ1) is 11.5. The second-order valence-electron chi connectivity index (χ2n) is 7.39. The number of hydrogen-bond acceptors (Lipinski definition) is 5. The normalized spacial score (nSPS) is 18.9. The van der Waals surface area contributed by atoms with Crippen LogP contribution in [0.3, 0.4) is 0 Å². The van der Waals surface area contributed by atoms with Gasteiger partial charge in [-0.25, -0.2) is 9.97 Å². The van der Waals surface area contributed by atoms with Crippen molar-refractivity contribution in [1.82, 2.24) is 20.2 Å². The molecule has 0 radical (unpaired) electrons. The highest BCUT2D eigenvalue weighted by Crippen LogP contribution is 2.27. The maximum absolute atomic E-state index is 12.0. The monoisotopic (exact) mass is 331 g/mol. The lowest BCUT2D eigenvalue weighted by Crippen LogP contribution is -2.50. The molecule has 1 saturated heterocycles. The maximum Gasteiger partial charge on any atom is 0.234 e. The van der Waals surface area contributed by atoms with Gasteiger partial charge in [-0.15, -0.1) is 0 Å². The summed E-state index contributed by atoms with van der Waals surface area (Å²) in [6.45, 7) is 11.3. The molecule has 6 heteroatoms. The van der Waals surface area contributed by atoms with E-state index in [4.69, 9.17) is 4.98 Å². The van der Waals surface area contributed by atoms with Crippen LogP contribution in [0.2, 0.25) is 0 Å². The molecule has 0 spiro atoms. The first-order valence-electron chi connectivity index (χ1n) is 9.11. The molecule has 0 bridgehead atoms. The zero-order valence-electron chi connectivity index (χ0n) is 15.1. The van der Waals surface area contributed by atoms with Gasteiger partial charge in [-0.05, 0) is 25.7 Å². The van der Waals surface area contributed by atoms with Crippen molar-refractivity contribution in [2.24, 2.45) is 5.92 Å². The third-order valence-electron chi connectivity index (χ3n) is 4.72. The van der Waals surface area contributed by atoms with Gasteiger partial charge in [0.1, 0.15) is 11.6 Å². The lowest BCUT2D eigenvalue weighted by atomic mass is 10.2. The highest BCUT2D eigenvalue weighted by atomic mass is 16.2. The van der Waals surface area contributed by atoms with Crippen molar-refractivity contribution in [3.63, 3.8) is 0 Å². The van der Waals surface area contributed by atoms with Crippen molar-refractivity contribution in [1.29, 1.82) is 0 Å². The summed E-state index contributed by atoms with van der Waals surface area (Å²) in [5.41, 5.74) is 1.02. The SMILES string of the molecule is Cc1cc(N2CCN(CC(=O)NCC3CC3)CC2)nc(C(C)C)n1. The van der Waals surface area contributed by atoms with Crippen molar-refractivity contribution in [2.45, 2.75) is 39.5 Å². The first kappa shape index (κ1) is 17.1. The Kier molecular flexibility index (Phi) is 5.33. The zero-order chi connectivity index (χ0) is 17.1. The number of carbonyl (C=O) groups excluding carboxylic acids is 1. The van der Waals surface area contributed by atoms with Gasteiger partial charge in [-0.2, -0.15) is 0 Å². The van der Waals surface area contributed by atoms with Gasteiger partial charge >= 0.3 is 0 Å². The summed E-state index contributed by atoms with van der Waals surface area (Å²) in [5, 5.41) is 3.05. The predicted molar refractivity (Wildman–Crippen MR) is 95.2 cm³/mol. The highest BCUT2D eigenvalue weighted by Gasteiger charge is 2.23. The summed E-state index contributed by atoms with van der Waals surface area (Å²) in [4.78, 5) is 25.7. The molecule has 1 amide bonds. The van der Waals surface area contributed by atoms with Gasteiger partial charge in [-0.3, -0.25) is 9.69 Å². The largest absolute Gasteiger partial charge is 0.355 e. The number of anilines is 1. The predicted octanol–water partition coefficient (Wildman–Crippen LogP) is 1.56. The van der Waals surface area contributed by atoms with E-state index in [2.05, 4.69) is 40.0 Å². The van der Waals surface area contributed by atoms with Gasteiger partial charge in [-0.1, -0.05) is 13.8 Å². The number of carbonyl (C=O) groups is 1. The Labute approximate surface area is 144 Å². The van der Waals surface area contributed by atoms with Crippen LogP contribution in [-0.4, -0.2) is 60.0 Å². The number of hydrogen-bond donors (Lipinski definition) is 1. The highest BCUT2D eigenvalue weighted by molar-refractivity contribution is 5.78. The van der Waals surface area contributed by atoms with Crippen molar-refractivity contribution in [3.05, 3.63) is 17.6 Å². The molecular formula is C18H29N5O. The Balaban J connectivity index is 1.50. The minimum Gasteiger partial charge on any atom is -0.355 e. The Morgan fingerprint density at radius 1 is 1.25 bits per heavy atom. The van der Waals surface area contributed by atoms with E-state index in [0.717, 1.165) is 56.0 Å². The van der Waals surface area contributed by atoms with E-state index >= 15 is 0 Å². The molecule has 0 unspecified atom stereocenters. The number of piperazine rings is 1. The second kappa shape index (κ2) is 7.47. The minimum atomic E-state index is 0.162. The van der Waals surface area contributed by atoms with Crippen LogP contribution in [0.1, 0.15) is 44.1 Å². The molecule has 1 aliphatic heterocycles. The Bertz CT molecular complexity index is 577. The van der Waals surface area contributed by atoms with Crippen LogP contribution < -0.4 is 10.2 Å². The minimum absolute atomic E-state index is 0.162. The molecule has 24 heavy (non-hydrogen) atoms. The Morgan fingerprint density at radius 3 is 2.58 bits per heavy atom. The molecule has 1 N–H and O–H groups in total. The van der Waals surface area contributed by atoms with Gasteiger partial charge in [0.2, 0.25) is 5.91 Å². The fourth-order valence-corrected chi connectivity index (χ4v) is 2.97. The summed E-state index contributed by atoms with van der Waals surface area (Å²) in [5.74, 6) is 3.16. The second-order valence-corrected chi connectivity index (χ2v) is 7.39. The van der Waals surface area contributed by atoms with Crippen LogP contribution in [0, 0.1) is 12.8 Å². The average Bonchev–Trinajstić information content (AvgIpc) is 3.37. The number of aromatic nitrogens is 2. The maximum atomic E-state index is 12.0. The zero-order valence-corrected chi connectivity index (χ0v) is 15.1. The van der Waals surface area contributed by atoms with E-state index in [1.165, 1.54) is 12.8 Å². The Hall–Kier alpha value is -1.69. The quantitative estimate of drug-likeness (QED) is 0.857. The van der Waals surface area contributed by atoms with E-state index in [0.29, 0.717) is 12.5 Å². The van der Waals surface area contributed by atoms with E-state index in [1.54, 1.807) is 0 Å². The summed E-state index contributed by atoms with van der Waals surface area (Å²) in [6, 6.07) is 2.06. The summed E-state index contributed by atoms with van der Waals surface area (Å²) in [7, 11) is 0. The van der Waals surface area contributed by atoms with Crippen LogP contribution in [0.15, 0.2) is 6.07 Å². The van der Waals surface area contributed by atoms with Gasteiger partial charge in [0.25, 0.3) is 0 Å². The van der Waals surface area contributed by atoms with Crippen molar-refractivity contribution < 1.29 is 4.79 Å². The Morgan fingerprint density at radius 2 is 1.96 bits per heavy atom. The molecular weight excluding hydrogens is 302 g/mol. The third kappa shape index (κ3) is 4.66. The molecule has 1 aromatic heterocycles.